The minimum absolute atomic E-state index is 0.158. The molecule has 0 aromatic rings. The van der Waals surface area contributed by atoms with Crippen molar-refractivity contribution in [2.75, 3.05) is 26.4 Å². The SMILES string of the molecule is O=C(O)C1=COC(OC2OC(COC(=O)C3=COC(OC4OC(CO)C(O)C(O)C4O)C4C(CO)=CC(O)C34)C(O)C(O)C2O)C2C(CO)=CC(O)C12. The van der Waals surface area contributed by atoms with Crippen LogP contribution in [0.25, 0.3) is 0 Å². The second-order valence-corrected chi connectivity index (χ2v) is 13.4. The fourth-order valence-corrected chi connectivity index (χ4v) is 7.58. The van der Waals surface area contributed by atoms with E-state index in [1.54, 1.807) is 0 Å². The number of fused-ring (bicyclic) bond motifs is 2. The Hall–Kier alpha value is -3.10. The highest BCUT2D eigenvalue weighted by atomic mass is 16.8. The summed E-state index contributed by atoms with van der Waals surface area (Å²) in [6, 6.07) is 0. The Morgan fingerprint density at radius 1 is 0.585 bits per heavy atom. The third kappa shape index (κ3) is 7.24. The van der Waals surface area contributed by atoms with Gasteiger partial charge in [0.05, 0.1) is 67.5 Å². The smallest absolute Gasteiger partial charge is 0.337 e. The van der Waals surface area contributed by atoms with Crippen LogP contribution in [-0.2, 0) is 42.7 Å². The number of hydrogen-bond donors (Lipinski definition) is 12. The predicted molar refractivity (Wildman–Crippen MR) is 163 cm³/mol. The van der Waals surface area contributed by atoms with E-state index in [2.05, 4.69) is 0 Å². The van der Waals surface area contributed by atoms with Crippen molar-refractivity contribution in [2.45, 2.75) is 86.2 Å². The summed E-state index contributed by atoms with van der Waals surface area (Å²) in [6.07, 6.45) is -18.7. The van der Waals surface area contributed by atoms with E-state index >= 15 is 0 Å². The van der Waals surface area contributed by atoms with Crippen LogP contribution in [0.3, 0.4) is 0 Å². The van der Waals surface area contributed by atoms with Gasteiger partial charge < -0.3 is 94.4 Å². The van der Waals surface area contributed by atoms with Gasteiger partial charge in [0.1, 0.15) is 55.4 Å². The summed E-state index contributed by atoms with van der Waals surface area (Å²) in [4.78, 5) is 25.2. The van der Waals surface area contributed by atoms with Crippen LogP contribution in [0.5, 0.6) is 0 Å². The molecule has 21 heteroatoms. The summed E-state index contributed by atoms with van der Waals surface area (Å²) < 4.78 is 38.9. The molecule has 4 aliphatic heterocycles. The zero-order chi connectivity index (χ0) is 38.5. The summed E-state index contributed by atoms with van der Waals surface area (Å²) in [5, 5.41) is 123. The van der Waals surface area contributed by atoms with Crippen LogP contribution in [0.4, 0.5) is 0 Å². The molecule has 0 bridgehead atoms. The summed E-state index contributed by atoms with van der Waals surface area (Å²) in [5.74, 6) is -6.95. The number of rotatable bonds is 11. The Morgan fingerprint density at radius 3 is 1.51 bits per heavy atom. The number of hydrogen-bond acceptors (Lipinski definition) is 20. The molecule has 0 aromatic heterocycles. The van der Waals surface area contributed by atoms with Crippen LogP contribution in [-0.4, -0.2) is 186 Å². The fraction of sp³-hybridized carbons (Fsp3) is 0.688. The topological polar surface area (TPSA) is 342 Å². The molecule has 53 heavy (non-hydrogen) atoms. The molecule has 2 fully saturated rings. The highest BCUT2D eigenvalue weighted by Gasteiger charge is 2.54. The molecule has 18 unspecified atom stereocenters. The van der Waals surface area contributed by atoms with Gasteiger partial charge in [-0.3, -0.25) is 0 Å². The van der Waals surface area contributed by atoms with Crippen molar-refractivity contribution in [1.82, 2.24) is 0 Å². The number of carbonyl (C=O) groups excluding carboxylic acids is 1. The Bertz CT molecular complexity index is 1490. The van der Waals surface area contributed by atoms with Gasteiger partial charge in [-0.25, -0.2) is 9.59 Å². The molecule has 2 aliphatic carbocycles. The van der Waals surface area contributed by atoms with Gasteiger partial charge >= 0.3 is 11.9 Å². The van der Waals surface area contributed by atoms with Gasteiger partial charge in [0, 0.05) is 11.8 Å². The molecule has 0 saturated carbocycles. The van der Waals surface area contributed by atoms with E-state index in [9.17, 15) is 70.9 Å². The number of esters is 1. The molecule has 4 heterocycles. The zero-order valence-corrected chi connectivity index (χ0v) is 27.6. The maximum absolute atomic E-state index is 13.4. The van der Waals surface area contributed by atoms with Crippen molar-refractivity contribution >= 4 is 11.9 Å². The van der Waals surface area contributed by atoms with Gasteiger partial charge in [-0.1, -0.05) is 12.2 Å². The largest absolute Gasteiger partial charge is 0.478 e. The third-order valence-electron chi connectivity index (χ3n) is 10.4. The summed E-state index contributed by atoms with van der Waals surface area (Å²) in [7, 11) is 0. The normalized spacial score (nSPS) is 45.0. The Kier molecular flexibility index (Phi) is 11.9. The van der Waals surface area contributed by atoms with E-state index in [4.69, 9.17) is 33.2 Å². The number of carboxylic acids is 1. The Labute approximate surface area is 299 Å². The van der Waals surface area contributed by atoms with Gasteiger partial charge in [0.25, 0.3) is 0 Å². The summed E-state index contributed by atoms with van der Waals surface area (Å²) >= 11 is 0. The van der Waals surface area contributed by atoms with Crippen LogP contribution < -0.4 is 0 Å². The van der Waals surface area contributed by atoms with Crippen molar-refractivity contribution in [3.05, 3.63) is 47.0 Å². The lowest BCUT2D eigenvalue weighted by Crippen LogP contribution is -2.60. The number of carbonyl (C=O) groups is 2. The second kappa shape index (κ2) is 15.9. The minimum Gasteiger partial charge on any atom is -0.478 e. The number of aliphatic carboxylic acids is 1. The molecule has 296 valence electrons. The van der Waals surface area contributed by atoms with Crippen molar-refractivity contribution in [3.63, 3.8) is 0 Å². The number of aliphatic hydroxyl groups excluding tert-OH is 11. The lowest BCUT2D eigenvalue weighted by Gasteiger charge is -2.43. The van der Waals surface area contributed by atoms with E-state index in [0.717, 1.165) is 12.5 Å². The van der Waals surface area contributed by atoms with Crippen LogP contribution >= 0.6 is 0 Å². The first-order valence-electron chi connectivity index (χ1n) is 16.6. The lowest BCUT2D eigenvalue weighted by atomic mass is 9.82. The van der Waals surface area contributed by atoms with E-state index in [1.807, 2.05) is 0 Å². The zero-order valence-electron chi connectivity index (χ0n) is 27.6. The van der Waals surface area contributed by atoms with E-state index in [-0.39, 0.29) is 22.3 Å². The highest BCUT2D eigenvalue weighted by Crippen LogP contribution is 2.46. The van der Waals surface area contributed by atoms with Gasteiger partial charge in [-0.15, -0.1) is 0 Å². The number of ether oxygens (including phenoxy) is 7. The van der Waals surface area contributed by atoms with Crippen LogP contribution in [0.15, 0.2) is 47.0 Å². The van der Waals surface area contributed by atoms with E-state index in [1.165, 1.54) is 12.2 Å². The maximum atomic E-state index is 13.4. The molecule has 18 atom stereocenters. The maximum Gasteiger partial charge on any atom is 0.337 e. The van der Waals surface area contributed by atoms with E-state index in [0.29, 0.717) is 0 Å². The molecule has 21 nitrogen and oxygen atoms in total. The second-order valence-electron chi connectivity index (χ2n) is 13.4. The minimum atomic E-state index is -1.93. The van der Waals surface area contributed by atoms with Crippen molar-refractivity contribution in [2.24, 2.45) is 23.7 Å². The highest BCUT2D eigenvalue weighted by molar-refractivity contribution is 5.89. The number of aliphatic hydroxyl groups is 11. The fourth-order valence-electron chi connectivity index (χ4n) is 7.58. The van der Waals surface area contributed by atoms with Gasteiger partial charge in [0.2, 0.25) is 12.6 Å². The lowest BCUT2D eigenvalue weighted by molar-refractivity contribution is -0.341. The predicted octanol–water partition coefficient (Wildman–Crippen LogP) is -6.21. The first-order valence-corrected chi connectivity index (χ1v) is 16.6. The Balaban J connectivity index is 1.14. The van der Waals surface area contributed by atoms with Gasteiger partial charge in [0.15, 0.2) is 12.6 Å². The molecule has 0 spiro atoms. The van der Waals surface area contributed by atoms with Crippen molar-refractivity contribution in [1.29, 1.82) is 0 Å². The number of carboxylic acid groups (broad SMARTS) is 1. The summed E-state index contributed by atoms with van der Waals surface area (Å²) in [5.41, 5.74) is -0.257. The van der Waals surface area contributed by atoms with Gasteiger partial charge in [-0.05, 0) is 11.1 Å². The standard InChI is InChI=1S/C32H42O21/c33-3-9-1-13(36)19-11(27(44)45)6-48-29(17(9)19)53-32-26(43)24(41)22(39)16(51-32)8-47-28(46)12-7-49-30(18-10(4-34)2-14(37)20(12)18)52-31-25(42)23(40)21(38)15(5-35)50-31/h1-2,6-7,13-26,29-43H,3-5,8H2,(H,44,45). The first kappa shape index (κ1) is 39.6. The third-order valence-corrected chi connectivity index (χ3v) is 10.4. The van der Waals surface area contributed by atoms with Crippen LogP contribution in [0.2, 0.25) is 0 Å². The van der Waals surface area contributed by atoms with Crippen molar-refractivity contribution in [3.8, 4) is 0 Å². The molecule has 6 aliphatic rings. The average Bonchev–Trinajstić information content (AvgIpc) is 3.67. The quantitative estimate of drug-likeness (QED) is 0.0688. The van der Waals surface area contributed by atoms with Gasteiger partial charge in [-0.2, -0.15) is 0 Å². The van der Waals surface area contributed by atoms with E-state index < -0.39 is 148 Å². The van der Waals surface area contributed by atoms with Crippen LogP contribution in [0.1, 0.15) is 0 Å². The molecular formula is C32H42O21. The summed E-state index contributed by atoms with van der Waals surface area (Å²) in [6.45, 7) is -2.75. The molecule has 6 rings (SSSR count). The Morgan fingerprint density at radius 2 is 1.04 bits per heavy atom. The average molecular weight is 763 g/mol. The molecule has 0 radical (unpaired) electrons. The van der Waals surface area contributed by atoms with Crippen LogP contribution in [0, 0.1) is 23.7 Å². The first-order chi connectivity index (χ1) is 25.2. The molecular weight excluding hydrogens is 720 g/mol. The molecule has 0 amide bonds. The van der Waals surface area contributed by atoms with Crippen molar-refractivity contribution < 1.29 is 104 Å². The monoisotopic (exact) mass is 762 g/mol. The molecule has 0 aromatic carbocycles. The molecule has 12 N–H and O–H groups in total. The molecule has 2 saturated heterocycles.